The van der Waals surface area contributed by atoms with Crippen LogP contribution in [0.1, 0.15) is 30.6 Å². The first kappa shape index (κ1) is 20.2. The summed E-state index contributed by atoms with van der Waals surface area (Å²) in [6, 6.07) is 4.00. The second kappa shape index (κ2) is 8.07. The fourth-order valence-corrected chi connectivity index (χ4v) is 2.56. The van der Waals surface area contributed by atoms with Crippen LogP contribution < -0.4 is 14.8 Å². The molecule has 9 nitrogen and oxygen atoms in total. The molecule has 2 rings (SSSR count). The van der Waals surface area contributed by atoms with E-state index in [2.05, 4.69) is 5.32 Å². The highest BCUT2D eigenvalue weighted by Crippen LogP contribution is 2.24. The molecule has 0 bridgehead atoms. The topological polar surface area (TPSA) is 111 Å². The predicted molar refractivity (Wildman–Crippen MR) is 93.8 cm³/mol. The Morgan fingerprint density at radius 3 is 2.44 bits per heavy atom. The summed E-state index contributed by atoms with van der Waals surface area (Å²) >= 11 is 0. The summed E-state index contributed by atoms with van der Waals surface area (Å²) in [5, 5.41) is 2.54. The summed E-state index contributed by atoms with van der Waals surface area (Å²) in [5.41, 5.74) is -0.848. The number of methoxy groups -OCH3 is 2. The number of benzene rings is 1. The molecule has 0 aromatic heterocycles. The molecule has 1 aliphatic rings. The van der Waals surface area contributed by atoms with E-state index in [1.165, 1.54) is 20.3 Å². The number of rotatable bonds is 8. The number of nitrogens with zero attached hydrogens (tertiary/aromatic N) is 1. The van der Waals surface area contributed by atoms with Crippen molar-refractivity contribution in [2.45, 2.75) is 25.8 Å². The highest BCUT2D eigenvalue weighted by molar-refractivity contribution is 6.08. The van der Waals surface area contributed by atoms with E-state index in [0.29, 0.717) is 17.9 Å². The molecule has 0 saturated carbocycles. The first-order valence-electron chi connectivity index (χ1n) is 8.30. The van der Waals surface area contributed by atoms with Gasteiger partial charge in [-0.05, 0) is 31.5 Å². The van der Waals surface area contributed by atoms with Gasteiger partial charge >= 0.3 is 12.0 Å². The number of imide groups is 1. The number of amides is 3. The standard InChI is InChI=1S/C18H22N2O7/c1-5-18(2)16(23)20(17(24)19-18)9-15(22)27-10-13(21)12-8-11(25-3)6-7-14(12)26-4/h6-8H,5,9-10H2,1-4H3,(H,19,24)/t18-/m0/s1. The number of hydrogen-bond acceptors (Lipinski definition) is 7. The molecular formula is C18H22N2O7. The Kier molecular flexibility index (Phi) is 6.04. The number of urea groups is 1. The van der Waals surface area contributed by atoms with Gasteiger partial charge in [0.15, 0.2) is 6.61 Å². The third-order valence-electron chi connectivity index (χ3n) is 4.41. The monoisotopic (exact) mass is 378 g/mol. The van der Waals surface area contributed by atoms with Crippen LogP contribution in [0.3, 0.4) is 0 Å². The molecule has 1 aliphatic heterocycles. The van der Waals surface area contributed by atoms with Gasteiger partial charge < -0.3 is 19.5 Å². The smallest absolute Gasteiger partial charge is 0.326 e. The largest absolute Gasteiger partial charge is 0.497 e. The molecule has 0 unspecified atom stereocenters. The lowest BCUT2D eigenvalue weighted by atomic mass is 9.99. The number of Topliss-reactive ketones (excluding diaryl/α,β-unsaturated/α-hetero) is 1. The van der Waals surface area contributed by atoms with E-state index in [4.69, 9.17) is 14.2 Å². The maximum atomic E-state index is 12.3. The van der Waals surface area contributed by atoms with Crippen molar-refractivity contribution in [3.8, 4) is 11.5 Å². The Labute approximate surface area is 156 Å². The Bertz CT molecular complexity index is 777. The molecule has 0 radical (unpaired) electrons. The lowest BCUT2D eigenvalue weighted by molar-refractivity contribution is -0.146. The molecule has 9 heteroatoms. The molecule has 3 amide bonds. The van der Waals surface area contributed by atoms with Crippen molar-refractivity contribution in [2.24, 2.45) is 0 Å². The summed E-state index contributed by atoms with van der Waals surface area (Å²) in [6.45, 7) is 2.21. The third kappa shape index (κ3) is 4.18. The molecular weight excluding hydrogens is 356 g/mol. The minimum atomic E-state index is -1.04. The minimum Gasteiger partial charge on any atom is -0.497 e. The average molecular weight is 378 g/mol. The first-order valence-corrected chi connectivity index (χ1v) is 8.30. The van der Waals surface area contributed by atoms with Crippen LogP contribution in [-0.2, 0) is 14.3 Å². The van der Waals surface area contributed by atoms with Crippen molar-refractivity contribution in [1.82, 2.24) is 10.2 Å². The maximum Gasteiger partial charge on any atom is 0.326 e. The Morgan fingerprint density at radius 1 is 1.19 bits per heavy atom. The summed E-state index contributed by atoms with van der Waals surface area (Å²) in [5.74, 6) is -1.12. The van der Waals surface area contributed by atoms with Gasteiger partial charge in [-0.15, -0.1) is 0 Å². The van der Waals surface area contributed by atoms with Crippen molar-refractivity contribution in [3.05, 3.63) is 23.8 Å². The molecule has 27 heavy (non-hydrogen) atoms. The Balaban J connectivity index is 1.99. The Morgan fingerprint density at radius 2 is 1.89 bits per heavy atom. The molecule has 1 N–H and O–H groups in total. The van der Waals surface area contributed by atoms with Crippen molar-refractivity contribution in [1.29, 1.82) is 0 Å². The average Bonchev–Trinajstić information content (AvgIpc) is 2.89. The summed E-state index contributed by atoms with van der Waals surface area (Å²) in [7, 11) is 2.87. The lowest BCUT2D eigenvalue weighted by Gasteiger charge is -2.18. The van der Waals surface area contributed by atoms with E-state index in [9.17, 15) is 19.2 Å². The highest BCUT2D eigenvalue weighted by Gasteiger charge is 2.47. The van der Waals surface area contributed by atoms with E-state index in [1.54, 1.807) is 26.0 Å². The zero-order chi connectivity index (χ0) is 20.2. The van der Waals surface area contributed by atoms with Gasteiger partial charge in [0, 0.05) is 0 Å². The van der Waals surface area contributed by atoms with Crippen LogP contribution in [0.5, 0.6) is 11.5 Å². The molecule has 146 valence electrons. The van der Waals surface area contributed by atoms with Crippen molar-refractivity contribution >= 4 is 23.7 Å². The van der Waals surface area contributed by atoms with Crippen molar-refractivity contribution in [3.63, 3.8) is 0 Å². The van der Waals surface area contributed by atoms with Gasteiger partial charge in [0.05, 0.1) is 19.8 Å². The number of esters is 1. The van der Waals surface area contributed by atoms with Gasteiger partial charge in [-0.25, -0.2) is 4.79 Å². The van der Waals surface area contributed by atoms with E-state index < -0.39 is 42.4 Å². The van der Waals surface area contributed by atoms with Gasteiger partial charge in [-0.2, -0.15) is 0 Å². The molecule has 1 saturated heterocycles. The highest BCUT2D eigenvalue weighted by atomic mass is 16.5. The minimum absolute atomic E-state index is 0.193. The maximum absolute atomic E-state index is 12.3. The molecule has 0 aliphatic carbocycles. The number of nitrogens with one attached hydrogen (secondary N) is 1. The van der Waals surface area contributed by atoms with Crippen molar-refractivity contribution < 1.29 is 33.4 Å². The third-order valence-corrected chi connectivity index (χ3v) is 4.41. The molecule has 1 heterocycles. The SMILES string of the molecule is CC[C@]1(C)NC(=O)N(CC(=O)OCC(=O)c2cc(OC)ccc2OC)C1=O. The van der Waals surface area contributed by atoms with Crippen LogP contribution in [-0.4, -0.2) is 61.5 Å². The number of ketones is 1. The van der Waals surface area contributed by atoms with Gasteiger partial charge in [0.25, 0.3) is 5.91 Å². The quantitative estimate of drug-likeness (QED) is 0.410. The zero-order valence-electron chi connectivity index (χ0n) is 15.7. The zero-order valence-corrected chi connectivity index (χ0v) is 15.7. The first-order chi connectivity index (χ1) is 12.8. The van der Waals surface area contributed by atoms with Gasteiger partial charge in [0.2, 0.25) is 5.78 Å². The molecule has 1 aromatic rings. The molecule has 1 fully saturated rings. The summed E-state index contributed by atoms with van der Waals surface area (Å²) in [4.78, 5) is 49.3. The van der Waals surface area contributed by atoms with Crippen LogP contribution >= 0.6 is 0 Å². The van der Waals surface area contributed by atoms with Gasteiger partial charge in [-0.1, -0.05) is 6.92 Å². The number of ether oxygens (including phenoxy) is 3. The fraction of sp³-hybridized carbons (Fsp3) is 0.444. The van der Waals surface area contributed by atoms with Gasteiger partial charge in [-0.3, -0.25) is 19.3 Å². The summed E-state index contributed by atoms with van der Waals surface area (Å²) in [6.07, 6.45) is 0.386. The number of hydrogen-bond donors (Lipinski definition) is 1. The van der Waals surface area contributed by atoms with E-state index in [-0.39, 0.29) is 5.56 Å². The summed E-state index contributed by atoms with van der Waals surface area (Å²) < 4.78 is 15.1. The van der Waals surface area contributed by atoms with E-state index in [1.807, 2.05) is 0 Å². The van der Waals surface area contributed by atoms with Crippen LogP contribution in [0, 0.1) is 0 Å². The van der Waals surface area contributed by atoms with Crippen LogP contribution in [0.4, 0.5) is 4.79 Å². The predicted octanol–water partition coefficient (Wildman–Crippen LogP) is 1.15. The second-order valence-electron chi connectivity index (χ2n) is 6.16. The molecule has 1 atom stereocenters. The number of carbonyl (C=O) groups excluding carboxylic acids is 4. The van der Waals surface area contributed by atoms with E-state index >= 15 is 0 Å². The fourth-order valence-electron chi connectivity index (χ4n) is 2.56. The van der Waals surface area contributed by atoms with Crippen LogP contribution in [0.15, 0.2) is 18.2 Å². The van der Waals surface area contributed by atoms with Crippen LogP contribution in [0.2, 0.25) is 0 Å². The molecule has 0 spiro atoms. The normalized spacial score (nSPS) is 18.9. The Hall–Kier alpha value is -3.10. The second-order valence-corrected chi connectivity index (χ2v) is 6.16. The molecule has 1 aromatic carbocycles. The van der Waals surface area contributed by atoms with E-state index in [0.717, 1.165) is 4.90 Å². The van der Waals surface area contributed by atoms with Crippen molar-refractivity contribution in [2.75, 3.05) is 27.4 Å². The number of carbonyl (C=O) groups is 4. The lowest BCUT2D eigenvalue weighted by Crippen LogP contribution is -2.43. The van der Waals surface area contributed by atoms with Gasteiger partial charge in [0.1, 0.15) is 23.6 Å². The van der Waals surface area contributed by atoms with Crippen LogP contribution in [0.25, 0.3) is 0 Å².